The Labute approximate surface area is 152 Å². The summed E-state index contributed by atoms with van der Waals surface area (Å²) >= 11 is 5.96. The molecule has 0 saturated carbocycles. The number of hydrogen-bond acceptors (Lipinski definition) is 5. The molecule has 3 aromatic heterocycles. The molecule has 0 aliphatic rings. The molecule has 5 rings (SSSR count). The quantitative estimate of drug-likeness (QED) is 0.520. The van der Waals surface area contributed by atoms with Gasteiger partial charge in [0.25, 0.3) is 0 Å². The van der Waals surface area contributed by atoms with Crippen LogP contribution >= 0.6 is 11.6 Å². The van der Waals surface area contributed by atoms with Crippen molar-refractivity contribution in [2.45, 2.75) is 0 Å². The molecule has 0 radical (unpaired) electrons. The van der Waals surface area contributed by atoms with Gasteiger partial charge >= 0.3 is 0 Å². The molecule has 0 aliphatic carbocycles. The monoisotopic (exact) mass is 362 g/mol. The third-order valence-electron chi connectivity index (χ3n) is 4.08. The molecule has 26 heavy (non-hydrogen) atoms. The van der Waals surface area contributed by atoms with Crippen molar-refractivity contribution in [1.29, 1.82) is 0 Å². The molecule has 2 aromatic carbocycles. The van der Waals surface area contributed by atoms with Gasteiger partial charge in [0, 0.05) is 10.6 Å². The molecule has 0 saturated heterocycles. The van der Waals surface area contributed by atoms with Crippen molar-refractivity contribution in [1.82, 2.24) is 29.4 Å². The van der Waals surface area contributed by atoms with E-state index in [2.05, 4.69) is 20.2 Å². The smallest absolute Gasteiger partial charge is 0.182 e. The lowest BCUT2D eigenvalue weighted by Crippen LogP contribution is -1.98. The number of fused-ring (bicyclic) bond motifs is 3. The van der Waals surface area contributed by atoms with E-state index in [1.54, 1.807) is 52.1 Å². The van der Waals surface area contributed by atoms with Gasteiger partial charge in [-0.3, -0.25) is 0 Å². The van der Waals surface area contributed by atoms with Crippen LogP contribution in [0.3, 0.4) is 0 Å². The first-order valence-electron chi connectivity index (χ1n) is 7.83. The molecule has 0 amide bonds. The number of rotatable bonds is 2. The van der Waals surface area contributed by atoms with E-state index in [1.165, 1.54) is 0 Å². The van der Waals surface area contributed by atoms with Gasteiger partial charge in [-0.05, 0) is 36.4 Å². The van der Waals surface area contributed by atoms with Crippen LogP contribution in [0.5, 0.6) is 5.75 Å². The lowest BCUT2D eigenvalue weighted by atomic mass is 10.2. The fourth-order valence-corrected chi connectivity index (χ4v) is 2.99. The Morgan fingerprint density at radius 1 is 1.00 bits per heavy atom. The van der Waals surface area contributed by atoms with Crippen LogP contribution in [-0.2, 0) is 0 Å². The van der Waals surface area contributed by atoms with Crippen molar-refractivity contribution < 1.29 is 5.11 Å². The maximum atomic E-state index is 9.67. The SMILES string of the molecule is Oc1cccc(-c2nc3c4cnn(-c5ccc(Cl)cc5)c4ncn3n2)c1. The number of benzene rings is 2. The molecule has 8 heteroatoms. The van der Waals surface area contributed by atoms with Gasteiger partial charge in [0.2, 0.25) is 0 Å². The lowest BCUT2D eigenvalue weighted by molar-refractivity contribution is 0.475. The first-order chi connectivity index (χ1) is 12.7. The minimum absolute atomic E-state index is 0.167. The maximum absolute atomic E-state index is 9.67. The summed E-state index contributed by atoms with van der Waals surface area (Å²) in [6.45, 7) is 0. The van der Waals surface area contributed by atoms with Gasteiger partial charge in [-0.25, -0.2) is 19.2 Å². The van der Waals surface area contributed by atoms with E-state index < -0.39 is 0 Å². The first kappa shape index (κ1) is 14.9. The molecule has 126 valence electrons. The number of phenolic OH excluding ortho intramolecular Hbond substituents is 1. The molecule has 0 aliphatic heterocycles. The van der Waals surface area contributed by atoms with Gasteiger partial charge in [0.05, 0.1) is 17.3 Å². The zero-order valence-corrected chi connectivity index (χ0v) is 14.0. The second-order valence-corrected chi connectivity index (χ2v) is 6.20. The molecular weight excluding hydrogens is 352 g/mol. The van der Waals surface area contributed by atoms with Crippen molar-refractivity contribution in [3.05, 3.63) is 66.1 Å². The van der Waals surface area contributed by atoms with Crippen LogP contribution in [0.4, 0.5) is 0 Å². The first-order valence-corrected chi connectivity index (χ1v) is 8.21. The summed E-state index contributed by atoms with van der Waals surface area (Å²) in [5.41, 5.74) is 2.91. The lowest BCUT2D eigenvalue weighted by Gasteiger charge is -2.02. The van der Waals surface area contributed by atoms with E-state index in [1.807, 2.05) is 18.2 Å². The van der Waals surface area contributed by atoms with Gasteiger partial charge in [-0.1, -0.05) is 23.7 Å². The molecule has 3 heterocycles. The van der Waals surface area contributed by atoms with E-state index in [-0.39, 0.29) is 5.75 Å². The molecular formula is C18H11ClN6O. The Balaban J connectivity index is 1.70. The van der Waals surface area contributed by atoms with Gasteiger partial charge in [-0.2, -0.15) is 5.10 Å². The van der Waals surface area contributed by atoms with Gasteiger partial charge in [-0.15, -0.1) is 5.10 Å². The molecule has 0 fully saturated rings. The largest absolute Gasteiger partial charge is 0.508 e. The predicted molar refractivity (Wildman–Crippen MR) is 97.5 cm³/mol. The van der Waals surface area contributed by atoms with Crippen LogP contribution in [0.15, 0.2) is 61.1 Å². The molecule has 1 N–H and O–H groups in total. The number of nitrogens with zero attached hydrogens (tertiary/aromatic N) is 6. The van der Waals surface area contributed by atoms with E-state index in [4.69, 9.17) is 11.6 Å². The van der Waals surface area contributed by atoms with Crippen molar-refractivity contribution in [2.24, 2.45) is 0 Å². The minimum atomic E-state index is 0.167. The normalized spacial score (nSPS) is 11.4. The Hall–Kier alpha value is -3.45. The van der Waals surface area contributed by atoms with E-state index >= 15 is 0 Å². The highest BCUT2D eigenvalue weighted by atomic mass is 35.5. The fraction of sp³-hybridized carbons (Fsp3) is 0. The maximum Gasteiger partial charge on any atom is 0.182 e. The number of aromatic hydroxyl groups is 1. The van der Waals surface area contributed by atoms with Gasteiger partial charge < -0.3 is 5.11 Å². The molecule has 0 bridgehead atoms. The molecule has 7 nitrogen and oxygen atoms in total. The molecule has 0 atom stereocenters. The number of halogens is 1. The third kappa shape index (κ3) is 2.29. The molecule has 0 unspecified atom stereocenters. The minimum Gasteiger partial charge on any atom is -0.508 e. The number of hydrogen-bond donors (Lipinski definition) is 1. The van der Waals surface area contributed by atoms with E-state index in [0.717, 1.165) is 16.6 Å². The second-order valence-electron chi connectivity index (χ2n) is 5.77. The summed E-state index contributed by atoms with van der Waals surface area (Å²) in [6, 6.07) is 14.2. The zero-order valence-electron chi connectivity index (χ0n) is 13.3. The van der Waals surface area contributed by atoms with Gasteiger partial charge in [0.1, 0.15) is 12.1 Å². The summed E-state index contributed by atoms with van der Waals surface area (Å²) in [5.74, 6) is 0.676. The summed E-state index contributed by atoms with van der Waals surface area (Å²) in [5, 5.41) is 20.0. The molecule has 0 spiro atoms. The predicted octanol–water partition coefficient (Wildman–Crippen LogP) is 3.49. The van der Waals surface area contributed by atoms with Crippen LogP contribution in [0.2, 0.25) is 5.02 Å². The Morgan fingerprint density at radius 3 is 2.65 bits per heavy atom. The average Bonchev–Trinajstić information content (AvgIpc) is 3.26. The van der Waals surface area contributed by atoms with Crippen LogP contribution in [0.25, 0.3) is 33.8 Å². The fourth-order valence-electron chi connectivity index (χ4n) is 2.86. The average molecular weight is 363 g/mol. The van der Waals surface area contributed by atoms with Gasteiger partial charge in [0.15, 0.2) is 17.1 Å². The van der Waals surface area contributed by atoms with Crippen LogP contribution in [-0.4, -0.2) is 34.5 Å². The highest BCUT2D eigenvalue weighted by Crippen LogP contribution is 2.24. The number of phenols is 1. The highest BCUT2D eigenvalue weighted by Gasteiger charge is 2.14. The van der Waals surface area contributed by atoms with Crippen LogP contribution in [0.1, 0.15) is 0 Å². The molecule has 5 aromatic rings. The summed E-state index contributed by atoms with van der Waals surface area (Å²) in [6.07, 6.45) is 3.32. The summed E-state index contributed by atoms with van der Waals surface area (Å²) < 4.78 is 3.34. The van der Waals surface area contributed by atoms with Crippen molar-refractivity contribution in [3.63, 3.8) is 0 Å². The van der Waals surface area contributed by atoms with Crippen LogP contribution < -0.4 is 0 Å². The van der Waals surface area contributed by atoms with Crippen LogP contribution in [0, 0.1) is 0 Å². The standard InChI is InChI=1S/C18H11ClN6O/c19-12-4-6-13(7-5-12)25-17-15(9-21-25)18-22-16(23-24(18)10-20-17)11-2-1-3-14(26)8-11/h1-10,26H. The van der Waals surface area contributed by atoms with Crippen molar-refractivity contribution in [2.75, 3.05) is 0 Å². The Morgan fingerprint density at radius 2 is 1.85 bits per heavy atom. The van der Waals surface area contributed by atoms with Crippen molar-refractivity contribution >= 4 is 28.3 Å². The Bertz CT molecular complexity index is 1260. The Kier molecular flexibility index (Phi) is 3.16. The zero-order chi connectivity index (χ0) is 17.7. The summed E-state index contributed by atoms with van der Waals surface area (Å²) in [7, 11) is 0. The summed E-state index contributed by atoms with van der Waals surface area (Å²) in [4.78, 5) is 9.07. The van der Waals surface area contributed by atoms with E-state index in [9.17, 15) is 5.11 Å². The van der Waals surface area contributed by atoms with Crippen molar-refractivity contribution in [3.8, 4) is 22.8 Å². The topological polar surface area (TPSA) is 81.1 Å². The number of aromatic nitrogens is 6. The third-order valence-corrected chi connectivity index (χ3v) is 4.33. The van der Waals surface area contributed by atoms with E-state index in [0.29, 0.717) is 22.1 Å². The highest BCUT2D eigenvalue weighted by molar-refractivity contribution is 6.30. The second kappa shape index (κ2) is 5.53.